The normalized spacial score (nSPS) is 26.0. The molecule has 0 aliphatic carbocycles. The van der Waals surface area contributed by atoms with Crippen LogP contribution >= 0.6 is 0 Å². The van der Waals surface area contributed by atoms with Crippen LogP contribution in [0.4, 0.5) is 0 Å². The minimum Gasteiger partial charge on any atom is -0.481 e. The molecule has 2 aliphatic heterocycles. The number of carbonyl (C=O) groups is 1. The molecule has 0 aromatic heterocycles. The average molecular weight is 260 g/mol. The van der Waals surface area contributed by atoms with Crippen molar-refractivity contribution in [2.45, 2.75) is 12.5 Å². The number of hydrogen-bond donors (Lipinski definition) is 2. The first-order chi connectivity index (χ1) is 9.25. The van der Waals surface area contributed by atoms with Gasteiger partial charge in [0.15, 0.2) is 0 Å². The van der Waals surface area contributed by atoms with Crippen LogP contribution in [-0.2, 0) is 9.53 Å². The number of benzene rings is 1. The van der Waals surface area contributed by atoms with E-state index in [1.165, 1.54) is 0 Å². The number of nitrogens with zero attached hydrogens (tertiary/aromatic N) is 1. The molecule has 5 heteroatoms. The lowest BCUT2D eigenvalue weighted by molar-refractivity contribution is -0.141. The second-order valence-electron chi connectivity index (χ2n) is 4.85. The summed E-state index contributed by atoms with van der Waals surface area (Å²) >= 11 is 0. The molecule has 0 saturated carbocycles. The topological polar surface area (TPSA) is 70.9 Å². The van der Waals surface area contributed by atoms with Gasteiger partial charge in [0.05, 0.1) is 12.5 Å². The molecule has 2 N–H and O–H groups in total. The van der Waals surface area contributed by atoms with Gasteiger partial charge in [-0.3, -0.25) is 4.79 Å². The molecule has 5 nitrogen and oxygen atoms in total. The van der Waals surface area contributed by atoms with Gasteiger partial charge in [-0.05, 0) is 18.1 Å². The Hall–Kier alpha value is -1.88. The molecule has 100 valence electrons. The van der Waals surface area contributed by atoms with Gasteiger partial charge in [-0.15, -0.1) is 0 Å². The molecule has 3 rings (SSSR count). The maximum absolute atomic E-state index is 11.0. The van der Waals surface area contributed by atoms with E-state index >= 15 is 0 Å². The highest BCUT2D eigenvalue weighted by molar-refractivity contribution is 5.96. The third-order valence-corrected chi connectivity index (χ3v) is 3.63. The number of carboxylic acid groups (broad SMARTS) is 1. The minimum absolute atomic E-state index is 0.0594. The summed E-state index contributed by atoms with van der Waals surface area (Å²) in [7, 11) is 0. The third kappa shape index (κ3) is 2.33. The Bertz CT molecular complexity index is 527. The molecule has 0 bridgehead atoms. The van der Waals surface area contributed by atoms with Crippen LogP contribution in [0.1, 0.15) is 23.6 Å². The lowest BCUT2D eigenvalue weighted by Gasteiger charge is -2.15. The van der Waals surface area contributed by atoms with E-state index in [4.69, 9.17) is 9.84 Å². The molecule has 0 spiro atoms. The zero-order valence-electron chi connectivity index (χ0n) is 10.5. The van der Waals surface area contributed by atoms with Crippen LogP contribution in [0, 0.1) is 5.92 Å². The number of carboxylic acids is 1. The highest BCUT2D eigenvalue weighted by atomic mass is 16.5. The monoisotopic (exact) mass is 260 g/mol. The van der Waals surface area contributed by atoms with Crippen LogP contribution in [0.3, 0.4) is 0 Å². The average Bonchev–Trinajstić information content (AvgIpc) is 3.10. The van der Waals surface area contributed by atoms with Crippen LogP contribution in [0.2, 0.25) is 0 Å². The van der Waals surface area contributed by atoms with E-state index in [9.17, 15) is 4.79 Å². The molecule has 2 heterocycles. The van der Waals surface area contributed by atoms with Gasteiger partial charge in [0.2, 0.25) is 5.90 Å². The van der Waals surface area contributed by atoms with Gasteiger partial charge in [-0.2, -0.15) is 0 Å². The Morgan fingerprint density at radius 3 is 2.95 bits per heavy atom. The van der Waals surface area contributed by atoms with E-state index in [-0.39, 0.29) is 12.0 Å². The SMILES string of the molecule is O=C(O)C1CNC(c2ccccc2C2=NCCO2)C1. The van der Waals surface area contributed by atoms with E-state index in [0.29, 0.717) is 32.0 Å². The van der Waals surface area contributed by atoms with Crippen molar-refractivity contribution in [3.8, 4) is 0 Å². The first-order valence-electron chi connectivity index (χ1n) is 6.48. The molecule has 1 aromatic rings. The maximum Gasteiger partial charge on any atom is 0.307 e. The first-order valence-corrected chi connectivity index (χ1v) is 6.48. The molecule has 2 atom stereocenters. The van der Waals surface area contributed by atoms with E-state index in [0.717, 1.165) is 11.1 Å². The molecule has 1 aromatic carbocycles. The van der Waals surface area contributed by atoms with Crippen LogP contribution in [0.5, 0.6) is 0 Å². The molecule has 2 unspecified atom stereocenters. The Morgan fingerprint density at radius 2 is 2.26 bits per heavy atom. The van der Waals surface area contributed by atoms with E-state index < -0.39 is 5.97 Å². The molecular formula is C14H16N2O3. The van der Waals surface area contributed by atoms with Crippen LogP contribution < -0.4 is 5.32 Å². The second-order valence-corrected chi connectivity index (χ2v) is 4.85. The Labute approximate surface area is 111 Å². The van der Waals surface area contributed by atoms with Crippen molar-refractivity contribution < 1.29 is 14.6 Å². The van der Waals surface area contributed by atoms with Crippen LogP contribution in [0.25, 0.3) is 0 Å². The highest BCUT2D eigenvalue weighted by Crippen LogP contribution is 2.30. The lowest BCUT2D eigenvalue weighted by atomic mass is 9.96. The van der Waals surface area contributed by atoms with E-state index in [1.54, 1.807) is 0 Å². The summed E-state index contributed by atoms with van der Waals surface area (Å²) in [5.41, 5.74) is 2.05. The Kier molecular flexibility index (Phi) is 3.21. The minimum atomic E-state index is -0.734. The number of aliphatic carboxylic acids is 1. The fourth-order valence-electron chi connectivity index (χ4n) is 2.65. The summed E-state index contributed by atoms with van der Waals surface area (Å²) in [5, 5.41) is 12.3. The van der Waals surface area contributed by atoms with Crippen LogP contribution in [-0.4, -0.2) is 36.7 Å². The van der Waals surface area contributed by atoms with Gasteiger partial charge in [0.1, 0.15) is 6.61 Å². The van der Waals surface area contributed by atoms with Crippen molar-refractivity contribution in [3.63, 3.8) is 0 Å². The lowest BCUT2D eigenvalue weighted by Crippen LogP contribution is -2.18. The Morgan fingerprint density at radius 1 is 1.42 bits per heavy atom. The molecule has 0 amide bonds. The fourth-order valence-corrected chi connectivity index (χ4v) is 2.65. The van der Waals surface area contributed by atoms with Crippen LogP contribution in [0.15, 0.2) is 29.3 Å². The predicted octanol–water partition coefficient (Wildman–Crippen LogP) is 1.20. The highest BCUT2D eigenvalue weighted by Gasteiger charge is 2.32. The van der Waals surface area contributed by atoms with Crippen molar-refractivity contribution in [1.29, 1.82) is 0 Å². The summed E-state index contributed by atoms with van der Waals surface area (Å²) < 4.78 is 5.52. The van der Waals surface area contributed by atoms with Gasteiger partial charge >= 0.3 is 5.97 Å². The number of aliphatic imine (C=N–C) groups is 1. The summed E-state index contributed by atoms with van der Waals surface area (Å²) in [4.78, 5) is 15.4. The largest absolute Gasteiger partial charge is 0.481 e. The van der Waals surface area contributed by atoms with E-state index in [1.807, 2.05) is 24.3 Å². The smallest absolute Gasteiger partial charge is 0.307 e. The van der Waals surface area contributed by atoms with Gasteiger partial charge in [-0.25, -0.2) is 4.99 Å². The number of rotatable bonds is 3. The third-order valence-electron chi connectivity index (χ3n) is 3.63. The quantitative estimate of drug-likeness (QED) is 0.856. The fraction of sp³-hybridized carbons (Fsp3) is 0.429. The van der Waals surface area contributed by atoms with Crippen molar-refractivity contribution in [2.24, 2.45) is 10.9 Å². The summed E-state index contributed by atoms with van der Waals surface area (Å²) in [6, 6.07) is 7.97. The molecule has 1 saturated heterocycles. The van der Waals surface area contributed by atoms with Gasteiger partial charge in [0, 0.05) is 18.2 Å². The Balaban J connectivity index is 1.87. The zero-order chi connectivity index (χ0) is 13.2. The summed E-state index contributed by atoms with van der Waals surface area (Å²) in [6.07, 6.45) is 0.611. The summed E-state index contributed by atoms with van der Waals surface area (Å²) in [5.74, 6) is -0.373. The molecule has 2 aliphatic rings. The number of ether oxygens (including phenoxy) is 1. The predicted molar refractivity (Wildman–Crippen MR) is 70.3 cm³/mol. The first kappa shape index (κ1) is 12.2. The second kappa shape index (κ2) is 5.01. The van der Waals surface area contributed by atoms with Crippen molar-refractivity contribution in [3.05, 3.63) is 35.4 Å². The molecular weight excluding hydrogens is 244 g/mol. The van der Waals surface area contributed by atoms with Crippen molar-refractivity contribution in [1.82, 2.24) is 5.32 Å². The molecule has 0 radical (unpaired) electrons. The zero-order valence-corrected chi connectivity index (χ0v) is 10.5. The molecule has 1 fully saturated rings. The summed E-state index contributed by atoms with van der Waals surface area (Å²) in [6.45, 7) is 1.83. The van der Waals surface area contributed by atoms with Crippen molar-refractivity contribution in [2.75, 3.05) is 19.7 Å². The maximum atomic E-state index is 11.0. The standard InChI is InChI=1S/C14H16N2O3/c17-14(18)9-7-12(16-8-9)10-3-1-2-4-11(10)13-15-5-6-19-13/h1-4,9,12,16H,5-8H2,(H,17,18). The van der Waals surface area contributed by atoms with Gasteiger partial charge in [0.25, 0.3) is 0 Å². The van der Waals surface area contributed by atoms with Crippen molar-refractivity contribution >= 4 is 11.9 Å². The van der Waals surface area contributed by atoms with Gasteiger partial charge in [-0.1, -0.05) is 18.2 Å². The van der Waals surface area contributed by atoms with Gasteiger partial charge < -0.3 is 15.2 Å². The number of nitrogens with one attached hydrogen (secondary N) is 1. The number of hydrogen-bond acceptors (Lipinski definition) is 4. The van der Waals surface area contributed by atoms with E-state index in [2.05, 4.69) is 10.3 Å². The molecule has 19 heavy (non-hydrogen) atoms.